The van der Waals surface area contributed by atoms with Crippen LogP contribution in [0.1, 0.15) is 66.9 Å². The first-order chi connectivity index (χ1) is 14.0. The molecule has 3 N–H and O–H groups in total. The number of thiophene rings is 1. The van der Waals surface area contributed by atoms with E-state index >= 15 is 0 Å². The topological polar surface area (TPSA) is 105 Å². The number of carbonyl (C=O) groups excluding carboxylic acids is 1. The molecule has 9 heteroatoms. The quantitative estimate of drug-likeness (QED) is 0.572. The van der Waals surface area contributed by atoms with E-state index in [9.17, 15) is 14.7 Å². The van der Waals surface area contributed by atoms with E-state index in [4.69, 9.17) is 5.10 Å². The summed E-state index contributed by atoms with van der Waals surface area (Å²) in [7, 11) is 0. The smallest absolute Gasteiger partial charge is 0.328 e. The summed E-state index contributed by atoms with van der Waals surface area (Å²) in [5.74, 6) is -0.288. The van der Waals surface area contributed by atoms with E-state index in [1.165, 1.54) is 41.4 Å². The molecule has 3 heterocycles. The maximum Gasteiger partial charge on any atom is 0.328 e. The van der Waals surface area contributed by atoms with Crippen LogP contribution < -0.4 is 11.0 Å². The van der Waals surface area contributed by atoms with Gasteiger partial charge in [0.15, 0.2) is 0 Å². The van der Waals surface area contributed by atoms with Gasteiger partial charge < -0.3 is 15.4 Å². The van der Waals surface area contributed by atoms with Crippen molar-refractivity contribution in [2.75, 3.05) is 0 Å². The SMILES string of the molecule is CC[C@H](Cn1c(O)c[nH]c1=O)NC(=O)c1cc2c(C)nn(C3CCCCC3)c2s1. The van der Waals surface area contributed by atoms with E-state index in [1.54, 1.807) is 0 Å². The first-order valence-electron chi connectivity index (χ1n) is 10.2. The van der Waals surface area contributed by atoms with Crippen molar-refractivity contribution < 1.29 is 9.90 Å². The van der Waals surface area contributed by atoms with Crippen molar-refractivity contribution in [2.45, 2.75) is 71.0 Å². The summed E-state index contributed by atoms with van der Waals surface area (Å²) in [5.41, 5.74) is 0.567. The zero-order valence-corrected chi connectivity index (χ0v) is 17.6. The van der Waals surface area contributed by atoms with Gasteiger partial charge in [-0.25, -0.2) is 4.79 Å². The van der Waals surface area contributed by atoms with Crippen LogP contribution in [-0.2, 0) is 6.54 Å². The Morgan fingerprint density at radius 2 is 2.17 bits per heavy atom. The second-order valence-corrected chi connectivity index (χ2v) is 8.82. The first-order valence-corrected chi connectivity index (χ1v) is 11.1. The Morgan fingerprint density at radius 1 is 1.41 bits per heavy atom. The average molecular weight is 418 g/mol. The third-order valence-electron chi connectivity index (χ3n) is 5.79. The molecule has 1 fully saturated rings. The van der Waals surface area contributed by atoms with Crippen molar-refractivity contribution in [2.24, 2.45) is 0 Å². The summed E-state index contributed by atoms with van der Waals surface area (Å²) >= 11 is 1.48. The highest BCUT2D eigenvalue weighted by molar-refractivity contribution is 7.20. The molecule has 1 amide bonds. The number of aromatic hydroxyl groups is 1. The Morgan fingerprint density at radius 3 is 2.83 bits per heavy atom. The number of amides is 1. The summed E-state index contributed by atoms with van der Waals surface area (Å²) in [4.78, 5) is 28.8. The Bertz CT molecular complexity index is 1070. The summed E-state index contributed by atoms with van der Waals surface area (Å²) in [6, 6.07) is 2.08. The molecular formula is C20H27N5O3S. The van der Waals surface area contributed by atoms with Gasteiger partial charge in [-0.15, -0.1) is 11.3 Å². The molecule has 0 saturated heterocycles. The van der Waals surface area contributed by atoms with Gasteiger partial charge in [-0.05, 0) is 32.3 Å². The molecule has 0 aromatic carbocycles. The van der Waals surface area contributed by atoms with Gasteiger partial charge in [0, 0.05) is 11.4 Å². The van der Waals surface area contributed by atoms with Crippen LogP contribution in [0.3, 0.4) is 0 Å². The van der Waals surface area contributed by atoms with Crippen molar-refractivity contribution >= 4 is 27.5 Å². The lowest BCUT2D eigenvalue weighted by Gasteiger charge is -2.22. The number of imidazole rings is 1. The second kappa shape index (κ2) is 8.06. The van der Waals surface area contributed by atoms with Gasteiger partial charge >= 0.3 is 5.69 Å². The minimum absolute atomic E-state index is 0.132. The van der Waals surface area contributed by atoms with E-state index in [-0.39, 0.29) is 30.1 Å². The van der Waals surface area contributed by atoms with E-state index in [0.29, 0.717) is 17.3 Å². The number of hydrogen-bond acceptors (Lipinski definition) is 5. The molecule has 0 aliphatic heterocycles. The highest BCUT2D eigenvalue weighted by Gasteiger charge is 2.23. The number of nitrogens with one attached hydrogen (secondary N) is 2. The van der Waals surface area contributed by atoms with E-state index in [1.807, 2.05) is 19.9 Å². The van der Waals surface area contributed by atoms with E-state index < -0.39 is 0 Å². The third-order valence-corrected chi connectivity index (χ3v) is 6.91. The van der Waals surface area contributed by atoms with Crippen LogP contribution in [0.4, 0.5) is 0 Å². The minimum atomic E-state index is -0.389. The zero-order valence-electron chi connectivity index (χ0n) is 16.8. The molecule has 1 aliphatic carbocycles. The number of aromatic nitrogens is 4. The summed E-state index contributed by atoms with van der Waals surface area (Å²) in [6.45, 7) is 4.15. The number of H-pyrrole nitrogens is 1. The van der Waals surface area contributed by atoms with Gasteiger partial charge in [0.1, 0.15) is 4.83 Å². The molecule has 0 radical (unpaired) electrons. The molecule has 0 unspecified atom stereocenters. The average Bonchev–Trinajstić information content (AvgIpc) is 3.39. The highest BCUT2D eigenvalue weighted by atomic mass is 32.1. The summed E-state index contributed by atoms with van der Waals surface area (Å²) in [5, 5.41) is 18.6. The number of hydrogen-bond donors (Lipinski definition) is 3. The van der Waals surface area contributed by atoms with Gasteiger partial charge in [-0.1, -0.05) is 26.2 Å². The molecule has 4 rings (SSSR count). The number of carbonyl (C=O) groups is 1. The third kappa shape index (κ3) is 3.83. The molecule has 0 bridgehead atoms. The van der Waals surface area contributed by atoms with Crippen LogP contribution in [-0.4, -0.2) is 36.4 Å². The number of fused-ring (bicyclic) bond motifs is 1. The van der Waals surface area contributed by atoms with Gasteiger partial charge in [0.05, 0.1) is 29.4 Å². The summed E-state index contributed by atoms with van der Waals surface area (Å²) in [6.07, 6.45) is 7.92. The molecule has 3 aromatic rings. The number of rotatable bonds is 6. The fourth-order valence-corrected chi connectivity index (χ4v) is 5.21. The fraction of sp³-hybridized carbons (Fsp3) is 0.550. The Balaban J connectivity index is 1.54. The van der Waals surface area contributed by atoms with Crippen LogP contribution in [0, 0.1) is 6.92 Å². The zero-order chi connectivity index (χ0) is 20.5. The lowest BCUT2D eigenvalue weighted by molar-refractivity contribution is 0.0935. The van der Waals surface area contributed by atoms with E-state index in [2.05, 4.69) is 15.0 Å². The molecule has 29 heavy (non-hydrogen) atoms. The Labute approximate surface area is 172 Å². The van der Waals surface area contributed by atoms with Crippen LogP contribution in [0.15, 0.2) is 17.1 Å². The van der Waals surface area contributed by atoms with Gasteiger partial charge in [0.2, 0.25) is 5.88 Å². The lowest BCUT2D eigenvalue weighted by Crippen LogP contribution is -2.39. The van der Waals surface area contributed by atoms with Crippen molar-refractivity contribution in [3.05, 3.63) is 33.3 Å². The van der Waals surface area contributed by atoms with Crippen molar-refractivity contribution in [1.29, 1.82) is 0 Å². The molecule has 0 spiro atoms. The van der Waals surface area contributed by atoms with Crippen LogP contribution in [0.25, 0.3) is 10.2 Å². The number of nitrogens with zero attached hydrogens (tertiary/aromatic N) is 3. The molecule has 1 saturated carbocycles. The minimum Gasteiger partial charge on any atom is -0.493 e. The molecule has 1 atom stereocenters. The summed E-state index contributed by atoms with van der Waals surface area (Å²) < 4.78 is 3.35. The molecule has 1 aliphatic rings. The molecule has 156 valence electrons. The van der Waals surface area contributed by atoms with Gasteiger partial charge in [-0.3, -0.25) is 14.0 Å². The van der Waals surface area contributed by atoms with Gasteiger partial charge in [0.25, 0.3) is 5.91 Å². The second-order valence-electron chi connectivity index (χ2n) is 7.79. The maximum absolute atomic E-state index is 12.9. The molecule has 3 aromatic heterocycles. The predicted molar refractivity (Wildman–Crippen MR) is 113 cm³/mol. The first kappa shape index (κ1) is 19.8. The normalized spacial score (nSPS) is 16.3. The monoisotopic (exact) mass is 417 g/mol. The maximum atomic E-state index is 12.9. The molecular weight excluding hydrogens is 390 g/mol. The fourth-order valence-electron chi connectivity index (χ4n) is 4.07. The predicted octanol–water partition coefficient (Wildman–Crippen LogP) is 3.32. The van der Waals surface area contributed by atoms with Crippen molar-refractivity contribution in [1.82, 2.24) is 24.6 Å². The number of aromatic amines is 1. The van der Waals surface area contributed by atoms with Crippen LogP contribution in [0.2, 0.25) is 0 Å². The van der Waals surface area contributed by atoms with Crippen LogP contribution >= 0.6 is 11.3 Å². The Kier molecular flexibility index (Phi) is 5.49. The molecule has 8 nitrogen and oxygen atoms in total. The van der Waals surface area contributed by atoms with E-state index in [0.717, 1.165) is 28.8 Å². The standard InChI is InChI=1S/C20H27N5O3S/c1-3-13(11-24-17(26)10-21-20(24)28)22-18(27)16-9-15-12(2)23-25(19(15)29-16)14-7-5-4-6-8-14/h9-10,13-14,26H,3-8,11H2,1-2H3,(H,21,28)(H,22,27)/t13-/m1/s1. The Hall–Kier alpha value is -2.55. The number of aryl methyl sites for hydroxylation is 1. The lowest BCUT2D eigenvalue weighted by atomic mass is 9.96. The van der Waals surface area contributed by atoms with Crippen molar-refractivity contribution in [3.63, 3.8) is 0 Å². The van der Waals surface area contributed by atoms with Crippen LogP contribution in [0.5, 0.6) is 5.88 Å². The largest absolute Gasteiger partial charge is 0.493 e. The van der Waals surface area contributed by atoms with Gasteiger partial charge in [-0.2, -0.15) is 5.10 Å². The van der Waals surface area contributed by atoms with Crippen molar-refractivity contribution in [3.8, 4) is 5.88 Å². The highest BCUT2D eigenvalue weighted by Crippen LogP contribution is 2.35.